The monoisotopic (exact) mass is 341 g/mol. The van der Waals surface area contributed by atoms with Crippen LogP contribution in [0.4, 0.5) is 5.69 Å². The molecule has 3 aliphatic heterocycles. The summed E-state index contributed by atoms with van der Waals surface area (Å²) in [5, 5.41) is 8.90. The molecule has 25 heavy (non-hydrogen) atoms. The van der Waals surface area contributed by atoms with Crippen LogP contribution in [0.1, 0.15) is 24.8 Å². The number of benzene rings is 1. The maximum absolute atomic E-state index is 12.9. The summed E-state index contributed by atoms with van der Waals surface area (Å²) in [6.07, 6.45) is 2.85. The minimum atomic E-state index is -0.0448. The lowest BCUT2D eigenvalue weighted by Gasteiger charge is -2.36. The van der Waals surface area contributed by atoms with Crippen molar-refractivity contribution in [3.63, 3.8) is 0 Å². The van der Waals surface area contributed by atoms with E-state index in [-0.39, 0.29) is 18.2 Å². The number of amides is 1. The number of carbonyl (C=O) groups excluding carboxylic acids is 1. The number of hydrogen-bond acceptors (Lipinski definition) is 5. The highest BCUT2D eigenvalue weighted by atomic mass is 16.7. The fourth-order valence-corrected chi connectivity index (χ4v) is 4.13. The summed E-state index contributed by atoms with van der Waals surface area (Å²) < 4.78 is 11.3. The molecule has 6 nitrogen and oxygen atoms in total. The second kappa shape index (κ2) is 7.12. The number of likely N-dealkylation sites (tertiary alicyclic amines) is 1. The van der Waals surface area contributed by atoms with Crippen LogP contribution >= 0.6 is 0 Å². The predicted molar refractivity (Wildman–Crippen MR) is 91.9 cm³/mol. The number of rotatable bonds is 3. The smallest absolute Gasteiger partial charge is 0.244 e. The van der Waals surface area contributed by atoms with Crippen molar-refractivity contribution in [3.05, 3.63) is 29.8 Å². The molecular formula is C19H23N3O3. The van der Waals surface area contributed by atoms with Gasteiger partial charge in [-0.1, -0.05) is 0 Å². The Hall–Kier alpha value is -1.94. The molecule has 0 aromatic heterocycles. The molecule has 1 atom stereocenters. The molecule has 3 heterocycles. The Bertz CT molecular complexity index is 655. The van der Waals surface area contributed by atoms with E-state index >= 15 is 0 Å². The predicted octanol–water partition coefficient (Wildman–Crippen LogP) is 1.75. The molecule has 1 aromatic rings. The van der Waals surface area contributed by atoms with Gasteiger partial charge >= 0.3 is 0 Å². The van der Waals surface area contributed by atoms with Gasteiger partial charge < -0.3 is 14.4 Å². The van der Waals surface area contributed by atoms with E-state index in [2.05, 4.69) is 11.0 Å². The lowest BCUT2D eigenvalue weighted by Crippen LogP contribution is -2.47. The van der Waals surface area contributed by atoms with Gasteiger partial charge in [0.1, 0.15) is 0 Å². The maximum atomic E-state index is 12.9. The standard InChI is InChI=1S/C19H23N3O3/c20-13-14-1-3-16(4-2-14)22-10-7-17(18(22)23)21-8-5-15(6-9-21)19-24-11-12-25-19/h1-4,15,17,19H,5-12H2. The van der Waals surface area contributed by atoms with Gasteiger partial charge in [-0.3, -0.25) is 9.69 Å². The molecule has 4 rings (SSSR count). The third kappa shape index (κ3) is 3.28. The number of hydrogen-bond donors (Lipinski definition) is 0. The first kappa shape index (κ1) is 16.5. The van der Waals surface area contributed by atoms with E-state index in [0.29, 0.717) is 24.7 Å². The molecule has 3 saturated heterocycles. The Labute approximate surface area is 147 Å². The van der Waals surface area contributed by atoms with E-state index in [1.807, 2.05) is 17.0 Å². The maximum Gasteiger partial charge on any atom is 0.244 e. The molecule has 0 aliphatic carbocycles. The first-order valence-electron chi connectivity index (χ1n) is 9.05. The molecule has 0 N–H and O–H groups in total. The van der Waals surface area contributed by atoms with Gasteiger partial charge in [-0.2, -0.15) is 5.26 Å². The third-order valence-electron chi connectivity index (χ3n) is 5.53. The van der Waals surface area contributed by atoms with Crippen LogP contribution in [0.15, 0.2) is 24.3 Å². The van der Waals surface area contributed by atoms with Crippen molar-refractivity contribution in [2.24, 2.45) is 5.92 Å². The molecule has 0 bridgehead atoms. The minimum Gasteiger partial charge on any atom is -0.350 e. The Morgan fingerprint density at radius 3 is 2.32 bits per heavy atom. The van der Waals surface area contributed by atoms with Gasteiger partial charge in [-0.15, -0.1) is 0 Å². The van der Waals surface area contributed by atoms with Crippen molar-refractivity contribution in [2.45, 2.75) is 31.6 Å². The molecule has 0 radical (unpaired) electrons. The van der Waals surface area contributed by atoms with Gasteiger partial charge in [-0.25, -0.2) is 0 Å². The third-order valence-corrected chi connectivity index (χ3v) is 5.53. The molecule has 132 valence electrons. The molecule has 1 unspecified atom stereocenters. The van der Waals surface area contributed by atoms with Crippen LogP contribution < -0.4 is 4.90 Å². The Kier molecular flexibility index (Phi) is 4.71. The van der Waals surface area contributed by atoms with Gasteiger partial charge in [0.25, 0.3) is 0 Å². The number of nitriles is 1. The number of anilines is 1. The van der Waals surface area contributed by atoms with Crippen molar-refractivity contribution < 1.29 is 14.3 Å². The van der Waals surface area contributed by atoms with Crippen LogP contribution in [0, 0.1) is 17.2 Å². The van der Waals surface area contributed by atoms with Gasteiger partial charge in [0.2, 0.25) is 5.91 Å². The Morgan fingerprint density at radius 1 is 1.00 bits per heavy atom. The van der Waals surface area contributed by atoms with E-state index in [4.69, 9.17) is 14.7 Å². The molecule has 3 aliphatic rings. The summed E-state index contributed by atoms with van der Waals surface area (Å²) in [6, 6.07) is 9.34. The second-order valence-corrected chi connectivity index (χ2v) is 6.94. The van der Waals surface area contributed by atoms with Crippen molar-refractivity contribution in [1.82, 2.24) is 4.90 Å². The SMILES string of the molecule is N#Cc1ccc(N2CCC(N3CCC(C4OCCO4)CC3)C2=O)cc1. The molecule has 0 spiro atoms. The zero-order valence-corrected chi connectivity index (χ0v) is 14.3. The Balaban J connectivity index is 1.36. The van der Waals surface area contributed by atoms with E-state index < -0.39 is 0 Å². The summed E-state index contributed by atoms with van der Waals surface area (Å²) in [5.74, 6) is 0.626. The van der Waals surface area contributed by atoms with Gasteiger partial charge in [0.05, 0.1) is 30.9 Å². The summed E-state index contributed by atoms with van der Waals surface area (Å²) >= 11 is 0. The lowest BCUT2D eigenvalue weighted by molar-refractivity contribution is -0.124. The van der Waals surface area contributed by atoms with Crippen molar-refractivity contribution >= 4 is 11.6 Å². The molecular weight excluding hydrogens is 318 g/mol. The zero-order valence-electron chi connectivity index (χ0n) is 14.3. The van der Waals surface area contributed by atoms with E-state index in [9.17, 15) is 4.79 Å². The van der Waals surface area contributed by atoms with E-state index in [0.717, 1.165) is 44.6 Å². The fraction of sp³-hybridized carbons (Fsp3) is 0.579. The molecule has 6 heteroatoms. The number of piperidine rings is 1. The highest BCUT2D eigenvalue weighted by Gasteiger charge is 2.39. The highest BCUT2D eigenvalue weighted by molar-refractivity contribution is 5.99. The molecule has 1 amide bonds. The van der Waals surface area contributed by atoms with E-state index in [1.165, 1.54) is 0 Å². The van der Waals surface area contributed by atoms with Gasteiger partial charge in [-0.05, 0) is 56.6 Å². The minimum absolute atomic E-state index is 0.0259. The first-order valence-corrected chi connectivity index (χ1v) is 9.05. The first-order chi connectivity index (χ1) is 12.3. The average molecular weight is 341 g/mol. The van der Waals surface area contributed by atoms with Crippen molar-refractivity contribution in [3.8, 4) is 6.07 Å². The quantitative estimate of drug-likeness (QED) is 0.838. The van der Waals surface area contributed by atoms with Crippen LogP contribution in [0.3, 0.4) is 0 Å². The largest absolute Gasteiger partial charge is 0.350 e. The van der Waals surface area contributed by atoms with Crippen LogP contribution in [-0.4, -0.2) is 56.0 Å². The van der Waals surface area contributed by atoms with E-state index in [1.54, 1.807) is 12.1 Å². The number of carbonyl (C=O) groups is 1. The van der Waals surface area contributed by atoms with Crippen molar-refractivity contribution in [2.75, 3.05) is 37.7 Å². The summed E-state index contributed by atoms with van der Waals surface area (Å²) in [5.41, 5.74) is 1.50. The van der Waals surface area contributed by atoms with Gasteiger partial charge in [0.15, 0.2) is 6.29 Å². The second-order valence-electron chi connectivity index (χ2n) is 6.94. The normalized spacial score (nSPS) is 26.3. The Morgan fingerprint density at radius 2 is 1.68 bits per heavy atom. The average Bonchev–Trinajstić information content (AvgIpc) is 3.32. The number of nitrogens with zero attached hydrogens (tertiary/aromatic N) is 3. The lowest BCUT2D eigenvalue weighted by atomic mass is 9.95. The number of ether oxygens (including phenoxy) is 2. The highest BCUT2D eigenvalue weighted by Crippen LogP contribution is 2.30. The zero-order chi connectivity index (χ0) is 17.2. The van der Waals surface area contributed by atoms with Crippen molar-refractivity contribution in [1.29, 1.82) is 5.26 Å². The van der Waals surface area contributed by atoms with Crippen LogP contribution in [-0.2, 0) is 14.3 Å². The van der Waals surface area contributed by atoms with Crippen LogP contribution in [0.2, 0.25) is 0 Å². The summed E-state index contributed by atoms with van der Waals surface area (Å²) in [6.45, 7) is 3.98. The fourth-order valence-electron chi connectivity index (χ4n) is 4.13. The molecule has 0 saturated carbocycles. The summed E-state index contributed by atoms with van der Waals surface area (Å²) in [7, 11) is 0. The van der Waals surface area contributed by atoms with Crippen LogP contribution in [0.25, 0.3) is 0 Å². The van der Waals surface area contributed by atoms with Gasteiger partial charge in [0, 0.05) is 18.2 Å². The molecule has 3 fully saturated rings. The molecule has 1 aromatic carbocycles. The van der Waals surface area contributed by atoms with Crippen LogP contribution in [0.5, 0.6) is 0 Å². The summed E-state index contributed by atoms with van der Waals surface area (Å²) in [4.78, 5) is 17.0. The topological polar surface area (TPSA) is 65.8 Å².